The van der Waals surface area contributed by atoms with E-state index in [0.29, 0.717) is 35.7 Å². The van der Waals surface area contributed by atoms with Crippen LogP contribution in [0.1, 0.15) is 33.1 Å². The van der Waals surface area contributed by atoms with E-state index in [1.54, 1.807) is 0 Å². The van der Waals surface area contributed by atoms with Gasteiger partial charge >= 0.3 is 6.09 Å². The highest BCUT2D eigenvalue weighted by Gasteiger charge is 2.61. The summed E-state index contributed by atoms with van der Waals surface area (Å²) in [7, 11) is 1.48. The number of piperidine rings is 3. The highest BCUT2D eigenvalue weighted by atomic mass is 16.5. The number of fused-ring (bicyclic) bond motifs is 4. The number of amides is 2. The van der Waals surface area contributed by atoms with Crippen LogP contribution in [-0.2, 0) is 9.53 Å². The summed E-state index contributed by atoms with van der Waals surface area (Å²) in [6.45, 7) is 8.78. The molecule has 140 valence electrons. The molecule has 5 rings (SSSR count). The third-order valence-electron chi connectivity index (χ3n) is 7.26. The van der Waals surface area contributed by atoms with Crippen molar-refractivity contribution in [1.82, 2.24) is 14.7 Å². The molecule has 0 radical (unpaired) electrons. The van der Waals surface area contributed by atoms with E-state index in [0.717, 1.165) is 45.6 Å². The summed E-state index contributed by atoms with van der Waals surface area (Å²) >= 11 is 0. The van der Waals surface area contributed by atoms with Crippen LogP contribution in [0, 0.1) is 23.7 Å². The van der Waals surface area contributed by atoms with Gasteiger partial charge in [-0.25, -0.2) is 4.79 Å². The lowest BCUT2D eigenvalue weighted by Gasteiger charge is -2.51. The molecule has 2 aliphatic carbocycles. The average molecular weight is 349 g/mol. The van der Waals surface area contributed by atoms with Crippen LogP contribution < -0.4 is 0 Å². The van der Waals surface area contributed by atoms with Crippen LogP contribution in [0.2, 0.25) is 0 Å². The Hall–Kier alpha value is -1.30. The van der Waals surface area contributed by atoms with E-state index in [-0.39, 0.29) is 12.0 Å². The number of ether oxygens (including phenoxy) is 1. The number of hydrogen-bond donors (Lipinski definition) is 0. The Balaban J connectivity index is 1.34. The van der Waals surface area contributed by atoms with Gasteiger partial charge in [0.05, 0.1) is 7.11 Å². The fraction of sp³-hybridized carbons (Fsp3) is 0.895. The summed E-state index contributed by atoms with van der Waals surface area (Å²) in [5.74, 6) is 2.37. The van der Waals surface area contributed by atoms with Gasteiger partial charge in [0.2, 0.25) is 5.91 Å². The fourth-order valence-electron chi connectivity index (χ4n) is 5.82. The molecule has 3 aliphatic heterocycles. The Labute approximate surface area is 150 Å². The quantitative estimate of drug-likeness (QED) is 0.774. The van der Waals surface area contributed by atoms with Crippen LogP contribution in [0.4, 0.5) is 4.79 Å². The highest BCUT2D eigenvalue weighted by Crippen LogP contribution is 2.54. The van der Waals surface area contributed by atoms with E-state index in [4.69, 9.17) is 4.74 Å². The summed E-state index contributed by atoms with van der Waals surface area (Å²) < 4.78 is 4.94. The second kappa shape index (κ2) is 6.45. The van der Waals surface area contributed by atoms with Gasteiger partial charge in [0.25, 0.3) is 0 Å². The van der Waals surface area contributed by atoms with E-state index in [1.165, 1.54) is 13.5 Å². The second-order valence-electron chi connectivity index (χ2n) is 8.23. The van der Waals surface area contributed by atoms with Crippen molar-refractivity contribution in [2.45, 2.75) is 45.2 Å². The molecule has 2 saturated carbocycles. The van der Waals surface area contributed by atoms with Crippen LogP contribution in [-0.4, -0.2) is 78.6 Å². The van der Waals surface area contributed by atoms with Crippen LogP contribution in [0.3, 0.4) is 0 Å². The first kappa shape index (κ1) is 17.1. The minimum atomic E-state index is -0.165. The maximum absolute atomic E-state index is 12.6. The SMILES string of the molecule is CCN(CC)C(=O)[C@@H]1[C@@H]2CN(C3CC4CCC3CN4C(=O)OC)C[C@@H]21. The Bertz CT molecular complexity index is 538. The molecule has 0 aromatic carbocycles. The number of carbonyl (C=O) groups excluding carboxylic acids is 2. The third kappa shape index (κ3) is 2.73. The van der Waals surface area contributed by atoms with Crippen molar-refractivity contribution in [2.24, 2.45) is 23.7 Å². The standard InChI is InChI=1S/C19H31N3O3/c1-4-20(5-2)18(23)17-14-10-21(11-15(14)17)16-8-13-7-6-12(16)9-22(13)19(24)25-3/h12-17H,4-11H2,1-3H3/t12?,13?,14-,15+,16?,17-. The summed E-state index contributed by atoms with van der Waals surface area (Å²) in [5, 5.41) is 0. The maximum Gasteiger partial charge on any atom is 0.409 e. The third-order valence-corrected chi connectivity index (χ3v) is 7.26. The Morgan fingerprint density at radius 2 is 1.76 bits per heavy atom. The molecule has 0 N–H and O–H groups in total. The highest BCUT2D eigenvalue weighted by molar-refractivity contribution is 5.82. The Morgan fingerprint density at radius 1 is 1.08 bits per heavy atom. The molecule has 6 nitrogen and oxygen atoms in total. The lowest BCUT2D eigenvalue weighted by molar-refractivity contribution is -0.133. The van der Waals surface area contributed by atoms with Gasteiger partial charge in [0.1, 0.15) is 0 Å². The van der Waals surface area contributed by atoms with Gasteiger partial charge in [-0.3, -0.25) is 9.69 Å². The van der Waals surface area contributed by atoms with Gasteiger partial charge in [0, 0.05) is 50.7 Å². The molecule has 2 bridgehead atoms. The first-order valence-corrected chi connectivity index (χ1v) is 9.96. The summed E-state index contributed by atoms with van der Waals surface area (Å²) in [5.41, 5.74) is 0. The number of hydrogen-bond acceptors (Lipinski definition) is 4. The molecule has 0 aromatic heterocycles. The van der Waals surface area contributed by atoms with Gasteiger partial charge in [-0.2, -0.15) is 0 Å². The number of carbonyl (C=O) groups is 2. The summed E-state index contributed by atoms with van der Waals surface area (Å²) in [6.07, 6.45) is 3.24. The first-order valence-electron chi connectivity index (χ1n) is 9.96. The van der Waals surface area contributed by atoms with Crippen LogP contribution in [0.5, 0.6) is 0 Å². The van der Waals surface area contributed by atoms with Gasteiger partial charge in [-0.1, -0.05) is 0 Å². The number of likely N-dealkylation sites (tertiary alicyclic amines) is 1. The van der Waals surface area contributed by atoms with Crippen LogP contribution in [0.15, 0.2) is 0 Å². The zero-order chi connectivity index (χ0) is 17.7. The molecular formula is C19H31N3O3. The van der Waals surface area contributed by atoms with Gasteiger partial charge in [-0.15, -0.1) is 0 Å². The normalized spacial score (nSPS) is 39.2. The zero-order valence-corrected chi connectivity index (χ0v) is 15.7. The number of methoxy groups -OCH3 is 1. The Morgan fingerprint density at radius 3 is 2.28 bits per heavy atom. The monoisotopic (exact) mass is 349 g/mol. The second-order valence-corrected chi connectivity index (χ2v) is 8.23. The topological polar surface area (TPSA) is 53.1 Å². The summed E-state index contributed by atoms with van der Waals surface area (Å²) in [6, 6.07) is 0.934. The van der Waals surface area contributed by atoms with E-state index in [2.05, 4.69) is 18.7 Å². The molecule has 3 heterocycles. The van der Waals surface area contributed by atoms with Crippen molar-refractivity contribution >= 4 is 12.0 Å². The van der Waals surface area contributed by atoms with Gasteiger partial charge in [0.15, 0.2) is 0 Å². The van der Waals surface area contributed by atoms with E-state index in [1.807, 2.05) is 9.80 Å². The fourth-order valence-corrected chi connectivity index (χ4v) is 5.82. The van der Waals surface area contributed by atoms with E-state index in [9.17, 15) is 9.59 Å². The lowest BCUT2D eigenvalue weighted by Crippen LogP contribution is -2.60. The molecule has 3 unspecified atom stereocenters. The van der Waals surface area contributed by atoms with Crippen molar-refractivity contribution in [3.05, 3.63) is 0 Å². The Kier molecular flexibility index (Phi) is 4.42. The molecule has 25 heavy (non-hydrogen) atoms. The minimum absolute atomic E-state index is 0.165. The van der Waals surface area contributed by atoms with Crippen LogP contribution >= 0.6 is 0 Å². The molecular weight excluding hydrogens is 318 g/mol. The average Bonchev–Trinajstić information content (AvgIpc) is 3.15. The first-order chi connectivity index (χ1) is 12.1. The maximum atomic E-state index is 12.6. The molecule has 5 aliphatic rings. The smallest absolute Gasteiger partial charge is 0.409 e. The number of nitrogens with zero attached hydrogens (tertiary/aromatic N) is 3. The molecule has 6 heteroatoms. The van der Waals surface area contributed by atoms with Gasteiger partial charge in [-0.05, 0) is 50.9 Å². The molecule has 3 saturated heterocycles. The molecule has 0 spiro atoms. The van der Waals surface area contributed by atoms with E-state index < -0.39 is 0 Å². The molecule has 6 atom stereocenters. The lowest BCUT2D eigenvalue weighted by atomic mass is 9.75. The minimum Gasteiger partial charge on any atom is -0.453 e. The predicted octanol–water partition coefficient (Wildman–Crippen LogP) is 1.65. The molecule has 0 aromatic rings. The van der Waals surface area contributed by atoms with Crippen molar-refractivity contribution in [3.63, 3.8) is 0 Å². The van der Waals surface area contributed by atoms with Crippen molar-refractivity contribution in [2.75, 3.05) is 39.8 Å². The zero-order valence-electron chi connectivity index (χ0n) is 15.7. The van der Waals surface area contributed by atoms with Crippen molar-refractivity contribution < 1.29 is 14.3 Å². The molecule has 5 fully saturated rings. The van der Waals surface area contributed by atoms with E-state index >= 15 is 0 Å². The molecule has 2 amide bonds. The number of rotatable bonds is 4. The van der Waals surface area contributed by atoms with Gasteiger partial charge < -0.3 is 14.5 Å². The van der Waals surface area contributed by atoms with Crippen molar-refractivity contribution in [1.29, 1.82) is 0 Å². The predicted molar refractivity (Wildman–Crippen MR) is 94.0 cm³/mol. The van der Waals surface area contributed by atoms with Crippen molar-refractivity contribution in [3.8, 4) is 0 Å². The van der Waals surface area contributed by atoms with Crippen LogP contribution in [0.25, 0.3) is 0 Å². The summed E-state index contributed by atoms with van der Waals surface area (Å²) in [4.78, 5) is 31.1. The largest absolute Gasteiger partial charge is 0.453 e.